The molecule has 0 fully saturated rings. The molecule has 0 aliphatic heterocycles. The molecule has 0 aliphatic carbocycles. The Hall–Kier alpha value is -2.88. The first-order valence-corrected chi connectivity index (χ1v) is 6.29. The number of carbonyl (C=O) groups is 2. The zero-order valence-corrected chi connectivity index (χ0v) is 11.4. The molecule has 0 aliphatic rings. The number of aromatic nitrogens is 2. The Labute approximate surface area is 121 Å². The second-order valence-electron chi connectivity index (χ2n) is 3.93. The Morgan fingerprint density at radius 1 is 1.43 bits per heavy atom. The van der Waals surface area contributed by atoms with Crippen molar-refractivity contribution in [2.24, 2.45) is 0 Å². The van der Waals surface area contributed by atoms with Gasteiger partial charge in [-0.2, -0.15) is 0 Å². The molecule has 2 aromatic rings. The number of nitrogens with zero attached hydrogens (tertiary/aromatic N) is 3. The minimum absolute atomic E-state index is 0.0362. The molecule has 10 heteroatoms. The van der Waals surface area contributed by atoms with Gasteiger partial charge < -0.3 is 10.4 Å². The standard InChI is InChI=1S/C11H8N4O5S/c1-5-9(21-14-13-5)10(16)12-8-3-2-6(15(19)20)4-7(8)11(17)18/h2-4H,1H3,(H,12,16)(H,17,18). The smallest absolute Gasteiger partial charge is 0.338 e. The molecule has 9 nitrogen and oxygen atoms in total. The first-order valence-electron chi connectivity index (χ1n) is 5.52. The number of nitrogens with one attached hydrogen (secondary N) is 1. The molecule has 108 valence electrons. The number of hydrogen-bond donors (Lipinski definition) is 2. The highest BCUT2D eigenvalue weighted by Gasteiger charge is 2.20. The van der Waals surface area contributed by atoms with Crippen molar-refractivity contribution in [3.63, 3.8) is 0 Å². The van der Waals surface area contributed by atoms with Gasteiger partial charge in [0.05, 0.1) is 21.9 Å². The van der Waals surface area contributed by atoms with E-state index in [9.17, 15) is 19.7 Å². The fourth-order valence-corrected chi connectivity index (χ4v) is 2.10. The maximum atomic E-state index is 12.0. The maximum absolute atomic E-state index is 12.0. The van der Waals surface area contributed by atoms with Gasteiger partial charge in [-0.15, -0.1) is 5.10 Å². The lowest BCUT2D eigenvalue weighted by Crippen LogP contribution is -2.14. The maximum Gasteiger partial charge on any atom is 0.338 e. The van der Waals surface area contributed by atoms with E-state index >= 15 is 0 Å². The van der Waals surface area contributed by atoms with Crippen LogP contribution in [0.3, 0.4) is 0 Å². The van der Waals surface area contributed by atoms with Gasteiger partial charge in [-0.3, -0.25) is 14.9 Å². The van der Waals surface area contributed by atoms with Crippen LogP contribution in [0, 0.1) is 17.0 Å². The van der Waals surface area contributed by atoms with Gasteiger partial charge in [0.1, 0.15) is 4.88 Å². The number of carbonyl (C=O) groups excluding carboxylic acids is 1. The summed E-state index contributed by atoms with van der Waals surface area (Å²) in [4.78, 5) is 33.3. The topological polar surface area (TPSA) is 135 Å². The highest BCUT2D eigenvalue weighted by Crippen LogP contribution is 2.23. The van der Waals surface area contributed by atoms with Crippen molar-refractivity contribution >= 4 is 34.8 Å². The SMILES string of the molecule is Cc1nnsc1C(=O)Nc1ccc([N+](=O)[O-])cc1C(=O)O. The van der Waals surface area contributed by atoms with Crippen molar-refractivity contribution in [3.8, 4) is 0 Å². The molecule has 0 radical (unpaired) electrons. The van der Waals surface area contributed by atoms with Gasteiger partial charge in [0.15, 0.2) is 0 Å². The Bertz CT molecular complexity index is 742. The number of aromatic carboxylic acids is 1. The van der Waals surface area contributed by atoms with E-state index in [-0.39, 0.29) is 21.8 Å². The minimum atomic E-state index is -1.38. The molecule has 1 aromatic heterocycles. The molecule has 0 atom stereocenters. The average Bonchev–Trinajstić information content (AvgIpc) is 2.85. The number of rotatable bonds is 4. The summed E-state index contributed by atoms with van der Waals surface area (Å²) in [5.41, 5.74) is -0.365. The Morgan fingerprint density at radius 3 is 2.67 bits per heavy atom. The zero-order chi connectivity index (χ0) is 15.6. The molecule has 0 bridgehead atoms. The summed E-state index contributed by atoms with van der Waals surface area (Å²) in [5.74, 6) is -1.95. The van der Waals surface area contributed by atoms with Crippen LogP contribution in [0.1, 0.15) is 25.7 Å². The average molecular weight is 308 g/mol. The van der Waals surface area contributed by atoms with E-state index in [1.807, 2.05) is 0 Å². The third kappa shape index (κ3) is 3.00. The lowest BCUT2D eigenvalue weighted by molar-refractivity contribution is -0.384. The number of amides is 1. The molecule has 1 aromatic carbocycles. The third-order valence-corrected chi connectivity index (χ3v) is 3.38. The van der Waals surface area contributed by atoms with Crippen LogP contribution in [-0.2, 0) is 0 Å². The van der Waals surface area contributed by atoms with Crippen molar-refractivity contribution in [1.29, 1.82) is 0 Å². The van der Waals surface area contributed by atoms with Gasteiger partial charge in [0.2, 0.25) is 0 Å². The Balaban J connectivity index is 2.36. The van der Waals surface area contributed by atoms with Crippen LogP contribution in [0.5, 0.6) is 0 Å². The van der Waals surface area contributed by atoms with Crippen LogP contribution in [-0.4, -0.2) is 31.5 Å². The number of carboxylic acids is 1. The van der Waals surface area contributed by atoms with Crippen LogP contribution >= 0.6 is 11.5 Å². The van der Waals surface area contributed by atoms with Gasteiger partial charge in [-0.05, 0) is 24.5 Å². The predicted octanol–water partition coefficient (Wildman–Crippen LogP) is 1.71. The lowest BCUT2D eigenvalue weighted by Gasteiger charge is -2.07. The van der Waals surface area contributed by atoms with Gasteiger partial charge in [-0.25, -0.2) is 4.79 Å². The number of non-ortho nitro benzene ring substituents is 1. The predicted molar refractivity (Wildman–Crippen MR) is 72.7 cm³/mol. The minimum Gasteiger partial charge on any atom is -0.478 e. The number of anilines is 1. The Morgan fingerprint density at radius 2 is 2.14 bits per heavy atom. The first kappa shape index (κ1) is 14.5. The van der Waals surface area contributed by atoms with Gasteiger partial charge >= 0.3 is 5.97 Å². The summed E-state index contributed by atoms with van der Waals surface area (Å²) in [6.07, 6.45) is 0. The summed E-state index contributed by atoms with van der Waals surface area (Å²) in [7, 11) is 0. The Kier molecular flexibility index (Phi) is 3.89. The van der Waals surface area contributed by atoms with E-state index in [1.54, 1.807) is 6.92 Å². The zero-order valence-electron chi connectivity index (χ0n) is 10.6. The molecule has 2 N–H and O–H groups in total. The van der Waals surface area contributed by atoms with Crippen molar-refractivity contribution in [2.75, 3.05) is 5.32 Å². The molecule has 21 heavy (non-hydrogen) atoms. The molecule has 0 spiro atoms. The second kappa shape index (κ2) is 5.63. The second-order valence-corrected chi connectivity index (χ2v) is 4.69. The summed E-state index contributed by atoms with van der Waals surface area (Å²) < 4.78 is 3.60. The number of nitro benzene ring substituents is 1. The van der Waals surface area contributed by atoms with E-state index < -0.39 is 16.8 Å². The fourth-order valence-electron chi connectivity index (χ4n) is 1.55. The van der Waals surface area contributed by atoms with Crippen molar-refractivity contribution < 1.29 is 19.6 Å². The van der Waals surface area contributed by atoms with Crippen LogP contribution in [0.4, 0.5) is 11.4 Å². The normalized spacial score (nSPS) is 10.1. The molecule has 0 saturated carbocycles. The van der Waals surface area contributed by atoms with E-state index in [0.717, 1.165) is 23.7 Å². The van der Waals surface area contributed by atoms with Gasteiger partial charge in [0, 0.05) is 12.1 Å². The third-order valence-electron chi connectivity index (χ3n) is 2.55. The summed E-state index contributed by atoms with van der Waals surface area (Å²) in [6, 6.07) is 3.17. The number of hydrogen-bond acceptors (Lipinski definition) is 7. The van der Waals surface area contributed by atoms with Gasteiger partial charge in [0.25, 0.3) is 11.6 Å². The summed E-state index contributed by atoms with van der Waals surface area (Å²) >= 11 is 0.870. The van der Waals surface area contributed by atoms with E-state index in [1.165, 1.54) is 6.07 Å². The van der Waals surface area contributed by atoms with Crippen molar-refractivity contribution in [1.82, 2.24) is 9.59 Å². The monoisotopic (exact) mass is 308 g/mol. The summed E-state index contributed by atoms with van der Waals surface area (Å²) in [6.45, 7) is 1.59. The highest BCUT2D eigenvalue weighted by molar-refractivity contribution is 7.08. The number of aryl methyl sites for hydroxylation is 1. The van der Waals surface area contributed by atoms with Crippen LogP contribution in [0.25, 0.3) is 0 Å². The molecule has 0 saturated heterocycles. The number of nitro groups is 1. The van der Waals surface area contributed by atoms with Crippen LogP contribution in [0.15, 0.2) is 18.2 Å². The number of carboxylic acid groups (broad SMARTS) is 1. The van der Waals surface area contributed by atoms with Crippen LogP contribution < -0.4 is 5.32 Å². The van der Waals surface area contributed by atoms with E-state index in [0.29, 0.717) is 5.69 Å². The van der Waals surface area contributed by atoms with E-state index in [4.69, 9.17) is 5.11 Å². The molecule has 1 amide bonds. The van der Waals surface area contributed by atoms with Crippen LogP contribution in [0.2, 0.25) is 0 Å². The number of benzene rings is 1. The molecule has 2 rings (SSSR count). The molecular formula is C11H8N4O5S. The largest absolute Gasteiger partial charge is 0.478 e. The van der Waals surface area contributed by atoms with Crippen molar-refractivity contribution in [2.45, 2.75) is 6.92 Å². The first-order chi connectivity index (χ1) is 9.90. The molecule has 0 unspecified atom stereocenters. The summed E-state index contributed by atoms with van der Waals surface area (Å²) in [5, 5.41) is 25.8. The quantitative estimate of drug-likeness (QED) is 0.648. The van der Waals surface area contributed by atoms with E-state index in [2.05, 4.69) is 14.9 Å². The molecule has 1 heterocycles. The van der Waals surface area contributed by atoms with Crippen molar-refractivity contribution in [3.05, 3.63) is 44.4 Å². The molecular weight excluding hydrogens is 300 g/mol. The fraction of sp³-hybridized carbons (Fsp3) is 0.0909. The lowest BCUT2D eigenvalue weighted by atomic mass is 10.1. The highest BCUT2D eigenvalue weighted by atomic mass is 32.1. The van der Waals surface area contributed by atoms with Gasteiger partial charge in [-0.1, -0.05) is 4.49 Å².